The monoisotopic (exact) mass is 291 g/mol. The lowest BCUT2D eigenvalue weighted by Gasteiger charge is -2.29. The van der Waals surface area contributed by atoms with E-state index >= 15 is 0 Å². The second-order valence-electron chi connectivity index (χ2n) is 4.60. The number of carbonyl (C=O) groups is 2. The van der Waals surface area contributed by atoms with Crippen LogP contribution < -0.4 is 0 Å². The maximum atomic E-state index is 12.8. The van der Waals surface area contributed by atoms with Gasteiger partial charge in [0.2, 0.25) is 0 Å². The molecule has 0 aliphatic carbocycles. The molecule has 0 aromatic heterocycles. The van der Waals surface area contributed by atoms with E-state index in [4.69, 9.17) is 0 Å². The molecule has 0 bridgehead atoms. The van der Waals surface area contributed by atoms with E-state index in [9.17, 15) is 22.8 Å². The van der Waals surface area contributed by atoms with E-state index < -0.39 is 23.7 Å². The normalized spacial score (nSPS) is 14.7. The van der Waals surface area contributed by atoms with Crippen LogP contribution in [-0.2, 0) is 0 Å². The molecule has 0 atom stereocenters. The van der Waals surface area contributed by atoms with Crippen LogP contribution in [0.25, 0.3) is 10.8 Å². The first kappa shape index (κ1) is 13.4. The highest BCUT2D eigenvalue weighted by Crippen LogP contribution is 2.35. The Balaban J connectivity index is 2.27. The van der Waals surface area contributed by atoms with Crippen LogP contribution in [0.15, 0.2) is 48.7 Å². The molecule has 2 amide bonds. The molecule has 0 saturated heterocycles. The van der Waals surface area contributed by atoms with Gasteiger partial charge in [0.25, 0.3) is 11.8 Å². The van der Waals surface area contributed by atoms with Crippen molar-refractivity contribution < 1.29 is 22.8 Å². The average molecular weight is 291 g/mol. The van der Waals surface area contributed by atoms with Crippen LogP contribution in [0.5, 0.6) is 0 Å². The van der Waals surface area contributed by atoms with Crippen molar-refractivity contribution in [3.05, 3.63) is 59.8 Å². The average Bonchev–Trinajstić information content (AvgIpc) is 2.43. The zero-order chi connectivity index (χ0) is 15.4. The first-order valence-corrected chi connectivity index (χ1v) is 5.99. The van der Waals surface area contributed by atoms with Gasteiger partial charge in [0.05, 0.1) is 0 Å². The molecule has 1 aliphatic heterocycles. The Labute approximate surface area is 117 Å². The molecule has 3 nitrogen and oxygen atoms in total. The topological polar surface area (TPSA) is 37.4 Å². The van der Waals surface area contributed by atoms with Crippen LogP contribution >= 0.6 is 0 Å². The summed E-state index contributed by atoms with van der Waals surface area (Å²) in [5.41, 5.74) is -1.36. The second-order valence-corrected chi connectivity index (χ2v) is 4.60. The van der Waals surface area contributed by atoms with E-state index in [0.29, 0.717) is 10.8 Å². The van der Waals surface area contributed by atoms with Crippen LogP contribution in [0.2, 0.25) is 0 Å². The SMILES string of the molecule is C=C(N1C(=O)c2cccc3cccc(c23)C1=O)C(F)(F)F. The van der Waals surface area contributed by atoms with Crippen molar-refractivity contribution in [3.63, 3.8) is 0 Å². The van der Waals surface area contributed by atoms with Crippen molar-refractivity contribution in [3.8, 4) is 0 Å². The fourth-order valence-electron chi connectivity index (χ4n) is 2.40. The maximum Gasteiger partial charge on any atom is 0.431 e. The zero-order valence-corrected chi connectivity index (χ0v) is 10.6. The fraction of sp³-hybridized carbons (Fsp3) is 0.0667. The third-order valence-electron chi connectivity index (χ3n) is 3.37. The fourth-order valence-corrected chi connectivity index (χ4v) is 2.40. The van der Waals surface area contributed by atoms with Crippen molar-refractivity contribution in [1.29, 1.82) is 0 Å². The number of halogens is 3. The number of nitrogens with zero attached hydrogens (tertiary/aromatic N) is 1. The zero-order valence-electron chi connectivity index (χ0n) is 10.6. The van der Waals surface area contributed by atoms with Gasteiger partial charge in [0.1, 0.15) is 5.70 Å². The van der Waals surface area contributed by atoms with Crippen molar-refractivity contribution in [2.75, 3.05) is 0 Å². The standard InChI is InChI=1S/C15H8F3NO2/c1-8(15(16,17)18)19-13(20)10-6-2-4-9-5-3-7-11(12(9)10)14(19)21/h2-7H,1H2. The summed E-state index contributed by atoms with van der Waals surface area (Å²) in [7, 11) is 0. The van der Waals surface area contributed by atoms with Crippen molar-refractivity contribution in [1.82, 2.24) is 4.90 Å². The smallest absolute Gasteiger partial charge is 0.268 e. The van der Waals surface area contributed by atoms with E-state index in [2.05, 4.69) is 6.58 Å². The molecular weight excluding hydrogens is 283 g/mol. The molecule has 106 valence electrons. The van der Waals surface area contributed by atoms with Gasteiger partial charge >= 0.3 is 6.18 Å². The van der Waals surface area contributed by atoms with Gasteiger partial charge in [0.15, 0.2) is 0 Å². The molecule has 0 N–H and O–H groups in total. The Bertz CT molecular complexity index is 757. The molecule has 0 radical (unpaired) electrons. The number of benzene rings is 2. The predicted molar refractivity (Wildman–Crippen MR) is 69.6 cm³/mol. The molecule has 0 fully saturated rings. The number of amides is 2. The van der Waals surface area contributed by atoms with E-state index in [1.165, 1.54) is 12.1 Å². The molecule has 0 unspecified atom stereocenters. The number of hydrogen-bond acceptors (Lipinski definition) is 2. The number of imide groups is 1. The van der Waals surface area contributed by atoms with Gasteiger partial charge in [-0.3, -0.25) is 9.59 Å². The van der Waals surface area contributed by atoms with Gasteiger partial charge < -0.3 is 0 Å². The number of allylic oxidation sites excluding steroid dienone is 1. The number of rotatable bonds is 1. The minimum Gasteiger partial charge on any atom is -0.268 e. The van der Waals surface area contributed by atoms with E-state index in [1.807, 2.05) is 0 Å². The van der Waals surface area contributed by atoms with Gasteiger partial charge in [-0.25, -0.2) is 4.90 Å². The van der Waals surface area contributed by atoms with Crippen molar-refractivity contribution in [2.24, 2.45) is 0 Å². The summed E-state index contributed by atoms with van der Waals surface area (Å²) in [6.07, 6.45) is -4.86. The van der Waals surface area contributed by atoms with E-state index in [0.717, 1.165) is 0 Å². The minimum absolute atomic E-state index is 0.0631. The van der Waals surface area contributed by atoms with Gasteiger partial charge in [-0.1, -0.05) is 30.8 Å². The van der Waals surface area contributed by atoms with Crippen LogP contribution in [0.3, 0.4) is 0 Å². The molecule has 21 heavy (non-hydrogen) atoms. The van der Waals surface area contributed by atoms with Gasteiger partial charge in [-0.15, -0.1) is 0 Å². The number of hydrogen-bond donors (Lipinski definition) is 0. The quantitative estimate of drug-likeness (QED) is 0.754. The maximum absolute atomic E-state index is 12.8. The Hall–Kier alpha value is -2.63. The number of carbonyl (C=O) groups excluding carboxylic acids is 2. The number of alkyl halides is 3. The minimum atomic E-state index is -4.86. The molecule has 1 aliphatic rings. The Morgan fingerprint density at radius 1 is 0.952 bits per heavy atom. The Morgan fingerprint density at radius 3 is 1.86 bits per heavy atom. The molecule has 2 aromatic rings. The highest BCUT2D eigenvalue weighted by atomic mass is 19.4. The Morgan fingerprint density at radius 2 is 1.43 bits per heavy atom. The lowest BCUT2D eigenvalue weighted by molar-refractivity contribution is -0.105. The van der Waals surface area contributed by atoms with Gasteiger partial charge in [-0.05, 0) is 17.5 Å². The first-order valence-electron chi connectivity index (χ1n) is 5.99. The van der Waals surface area contributed by atoms with Gasteiger partial charge in [0, 0.05) is 16.5 Å². The lowest BCUT2D eigenvalue weighted by atomic mass is 9.94. The third kappa shape index (κ3) is 1.83. The predicted octanol–water partition coefficient (Wildman–Crippen LogP) is 3.51. The van der Waals surface area contributed by atoms with Gasteiger partial charge in [-0.2, -0.15) is 13.2 Å². The molecule has 6 heteroatoms. The summed E-state index contributed by atoms with van der Waals surface area (Å²) in [6.45, 7) is 2.85. The molecular formula is C15H8F3NO2. The highest BCUT2D eigenvalue weighted by Gasteiger charge is 2.44. The summed E-state index contributed by atoms with van der Waals surface area (Å²) in [6, 6.07) is 9.30. The third-order valence-corrected chi connectivity index (χ3v) is 3.37. The van der Waals surface area contributed by atoms with Crippen LogP contribution in [0.1, 0.15) is 20.7 Å². The first-order chi connectivity index (χ1) is 9.82. The largest absolute Gasteiger partial charge is 0.431 e. The van der Waals surface area contributed by atoms with E-state index in [-0.39, 0.29) is 16.0 Å². The highest BCUT2D eigenvalue weighted by molar-refractivity contribution is 6.26. The summed E-state index contributed by atoms with van der Waals surface area (Å²) in [4.78, 5) is 24.6. The van der Waals surface area contributed by atoms with Crippen LogP contribution in [-0.4, -0.2) is 22.9 Å². The molecule has 1 heterocycles. The van der Waals surface area contributed by atoms with Crippen molar-refractivity contribution in [2.45, 2.75) is 6.18 Å². The summed E-state index contributed by atoms with van der Waals surface area (Å²) >= 11 is 0. The summed E-state index contributed by atoms with van der Waals surface area (Å²) in [5.74, 6) is -2.02. The summed E-state index contributed by atoms with van der Waals surface area (Å²) in [5, 5.41) is 1.00. The van der Waals surface area contributed by atoms with Crippen molar-refractivity contribution >= 4 is 22.6 Å². The molecule has 0 spiro atoms. The van der Waals surface area contributed by atoms with Crippen LogP contribution in [0.4, 0.5) is 13.2 Å². The second kappa shape index (κ2) is 4.18. The van der Waals surface area contributed by atoms with Crippen LogP contribution in [0, 0.1) is 0 Å². The molecule has 2 aromatic carbocycles. The van der Waals surface area contributed by atoms with E-state index in [1.54, 1.807) is 24.3 Å². The molecule has 3 rings (SSSR count). The summed E-state index contributed by atoms with van der Waals surface area (Å²) < 4.78 is 38.4. The lowest BCUT2D eigenvalue weighted by Crippen LogP contribution is -2.43. The molecule has 0 saturated carbocycles. The Kier molecular flexibility index (Phi) is 2.66.